The van der Waals surface area contributed by atoms with Gasteiger partial charge in [-0.05, 0) is 18.9 Å². The number of carbonyl (C=O) groups excluding carboxylic acids is 1. The molecule has 1 aromatic rings. The van der Waals surface area contributed by atoms with Gasteiger partial charge in [-0.2, -0.15) is 13.2 Å². The molecule has 1 fully saturated rings. The molecule has 0 radical (unpaired) electrons. The third-order valence-corrected chi connectivity index (χ3v) is 2.98. The van der Waals surface area contributed by atoms with E-state index in [-0.39, 0.29) is 18.8 Å². The van der Waals surface area contributed by atoms with Gasteiger partial charge in [-0.1, -0.05) is 0 Å². The number of hydrogen-bond acceptors (Lipinski definition) is 3. The Balaban J connectivity index is 2.07. The molecule has 1 N–H and O–H groups in total. The fourth-order valence-electron chi connectivity index (χ4n) is 1.66. The number of halogens is 3. The molecule has 0 atom stereocenters. The molecule has 0 aliphatic heterocycles. The standard InChI is InChI=1S/C10H11F3N4O/c1-17(9(3-4-9)10(11,12)13)8(18)16-7-14-5-2-6-15-7/h2,5-6H,3-4H2,1H3,(H,14,15,16,18). The number of alkyl halides is 3. The van der Waals surface area contributed by atoms with Gasteiger partial charge in [0.1, 0.15) is 5.54 Å². The van der Waals surface area contributed by atoms with Crippen LogP contribution < -0.4 is 5.32 Å². The summed E-state index contributed by atoms with van der Waals surface area (Å²) in [5.74, 6) is -0.0210. The molecular weight excluding hydrogens is 249 g/mol. The summed E-state index contributed by atoms with van der Waals surface area (Å²) in [7, 11) is 1.12. The third kappa shape index (κ3) is 2.09. The van der Waals surface area contributed by atoms with Crippen LogP contribution in [0.15, 0.2) is 18.5 Å². The summed E-state index contributed by atoms with van der Waals surface area (Å²) in [6, 6.07) is 0.674. The molecule has 98 valence electrons. The van der Waals surface area contributed by atoms with Crippen molar-refractivity contribution in [2.24, 2.45) is 0 Å². The summed E-state index contributed by atoms with van der Waals surface area (Å²) < 4.78 is 38.4. The van der Waals surface area contributed by atoms with Crippen LogP contribution in [0.25, 0.3) is 0 Å². The molecule has 1 aromatic heterocycles. The molecule has 1 aliphatic rings. The van der Waals surface area contributed by atoms with Gasteiger partial charge in [-0.15, -0.1) is 0 Å². The van der Waals surface area contributed by atoms with Gasteiger partial charge in [0.05, 0.1) is 0 Å². The summed E-state index contributed by atoms with van der Waals surface area (Å²) >= 11 is 0. The van der Waals surface area contributed by atoms with Crippen molar-refractivity contribution in [2.45, 2.75) is 24.6 Å². The number of nitrogens with one attached hydrogen (secondary N) is 1. The van der Waals surface area contributed by atoms with Gasteiger partial charge < -0.3 is 4.90 Å². The van der Waals surface area contributed by atoms with E-state index in [1.165, 1.54) is 18.5 Å². The first-order valence-corrected chi connectivity index (χ1v) is 5.25. The lowest BCUT2D eigenvalue weighted by Crippen LogP contribution is -2.50. The highest BCUT2D eigenvalue weighted by Crippen LogP contribution is 2.53. The van der Waals surface area contributed by atoms with Crippen molar-refractivity contribution in [3.63, 3.8) is 0 Å². The first kappa shape index (κ1) is 12.6. The summed E-state index contributed by atoms with van der Waals surface area (Å²) in [6.45, 7) is 0. The molecule has 18 heavy (non-hydrogen) atoms. The topological polar surface area (TPSA) is 58.1 Å². The average molecular weight is 260 g/mol. The number of nitrogens with zero attached hydrogens (tertiary/aromatic N) is 3. The van der Waals surface area contributed by atoms with Gasteiger partial charge >= 0.3 is 12.2 Å². The molecular formula is C10H11F3N4O. The van der Waals surface area contributed by atoms with E-state index < -0.39 is 17.7 Å². The van der Waals surface area contributed by atoms with Crippen molar-refractivity contribution in [1.29, 1.82) is 0 Å². The van der Waals surface area contributed by atoms with Crippen LogP contribution in [0, 0.1) is 0 Å². The highest BCUT2D eigenvalue weighted by Gasteiger charge is 2.67. The van der Waals surface area contributed by atoms with Crippen molar-refractivity contribution in [2.75, 3.05) is 12.4 Å². The van der Waals surface area contributed by atoms with E-state index in [9.17, 15) is 18.0 Å². The smallest absolute Gasteiger partial charge is 0.313 e. The number of hydrogen-bond donors (Lipinski definition) is 1. The van der Waals surface area contributed by atoms with E-state index in [0.29, 0.717) is 4.90 Å². The maximum atomic E-state index is 12.8. The van der Waals surface area contributed by atoms with Crippen LogP contribution in [-0.2, 0) is 0 Å². The Hall–Kier alpha value is -1.86. The molecule has 0 bridgehead atoms. The SMILES string of the molecule is CN(C(=O)Nc1ncccn1)C1(C(F)(F)F)CC1. The minimum atomic E-state index is -4.42. The van der Waals surface area contributed by atoms with E-state index in [2.05, 4.69) is 15.3 Å². The van der Waals surface area contributed by atoms with Crippen molar-refractivity contribution in [1.82, 2.24) is 14.9 Å². The Kier molecular flexibility index (Phi) is 2.88. The Morgan fingerprint density at radius 3 is 2.39 bits per heavy atom. The van der Waals surface area contributed by atoms with Crippen LogP contribution in [0.5, 0.6) is 0 Å². The van der Waals surface area contributed by atoms with Gasteiger partial charge in [0.2, 0.25) is 5.95 Å². The number of carbonyl (C=O) groups is 1. The predicted octanol–water partition coefficient (Wildman–Crippen LogP) is 2.04. The molecule has 2 amide bonds. The van der Waals surface area contributed by atoms with Gasteiger partial charge in [0.25, 0.3) is 0 Å². The lowest BCUT2D eigenvalue weighted by Gasteiger charge is -2.29. The predicted molar refractivity (Wildman–Crippen MR) is 56.8 cm³/mol. The maximum absolute atomic E-state index is 12.8. The number of anilines is 1. The van der Waals surface area contributed by atoms with Crippen LogP contribution in [-0.4, -0.2) is 39.7 Å². The van der Waals surface area contributed by atoms with E-state index in [0.717, 1.165) is 7.05 Å². The molecule has 1 saturated carbocycles. The van der Waals surface area contributed by atoms with Crippen LogP contribution >= 0.6 is 0 Å². The molecule has 0 spiro atoms. The zero-order chi connectivity index (χ0) is 13.4. The zero-order valence-electron chi connectivity index (χ0n) is 9.53. The van der Waals surface area contributed by atoms with Crippen LogP contribution in [0.2, 0.25) is 0 Å². The fourth-order valence-corrected chi connectivity index (χ4v) is 1.66. The second-order valence-electron chi connectivity index (χ2n) is 4.09. The molecule has 0 aromatic carbocycles. The monoisotopic (exact) mass is 260 g/mol. The minimum absolute atomic E-state index is 0.0210. The molecule has 2 rings (SSSR count). The summed E-state index contributed by atoms with van der Waals surface area (Å²) in [5, 5.41) is 2.22. The summed E-state index contributed by atoms with van der Waals surface area (Å²) in [5.41, 5.74) is -2.04. The Morgan fingerprint density at radius 1 is 1.39 bits per heavy atom. The van der Waals surface area contributed by atoms with Gasteiger partial charge in [-0.3, -0.25) is 5.32 Å². The zero-order valence-corrected chi connectivity index (χ0v) is 9.53. The quantitative estimate of drug-likeness (QED) is 0.885. The van der Waals surface area contributed by atoms with Crippen molar-refractivity contribution < 1.29 is 18.0 Å². The Labute approximate surface area is 101 Å². The Morgan fingerprint density at radius 2 is 1.94 bits per heavy atom. The van der Waals surface area contributed by atoms with Crippen molar-refractivity contribution in [3.05, 3.63) is 18.5 Å². The molecule has 1 aliphatic carbocycles. The Bertz CT molecular complexity index is 444. The molecule has 1 heterocycles. The average Bonchev–Trinajstić information content (AvgIpc) is 3.09. The second-order valence-corrected chi connectivity index (χ2v) is 4.09. The molecule has 5 nitrogen and oxygen atoms in total. The van der Waals surface area contributed by atoms with Gasteiger partial charge in [0, 0.05) is 19.4 Å². The third-order valence-electron chi connectivity index (χ3n) is 2.98. The highest BCUT2D eigenvalue weighted by molar-refractivity contribution is 5.88. The molecule has 0 unspecified atom stereocenters. The van der Waals surface area contributed by atoms with Gasteiger partial charge in [-0.25, -0.2) is 14.8 Å². The molecule has 8 heteroatoms. The first-order valence-electron chi connectivity index (χ1n) is 5.25. The van der Waals surface area contributed by atoms with Crippen LogP contribution in [0.1, 0.15) is 12.8 Å². The number of urea groups is 1. The summed E-state index contributed by atoms with van der Waals surface area (Å²) in [6.07, 6.45) is -1.79. The first-order chi connectivity index (χ1) is 8.37. The normalized spacial score (nSPS) is 17.1. The highest BCUT2D eigenvalue weighted by atomic mass is 19.4. The van der Waals surface area contributed by atoms with E-state index in [1.807, 2.05) is 0 Å². The lowest BCUT2D eigenvalue weighted by molar-refractivity contribution is -0.184. The van der Waals surface area contributed by atoms with Crippen molar-refractivity contribution in [3.8, 4) is 0 Å². The van der Waals surface area contributed by atoms with Crippen LogP contribution in [0.4, 0.5) is 23.9 Å². The van der Waals surface area contributed by atoms with Crippen molar-refractivity contribution >= 4 is 12.0 Å². The van der Waals surface area contributed by atoms with E-state index in [4.69, 9.17) is 0 Å². The van der Waals surface area contributed by atoms with E-state index in [1.54, 1.807) is 0 Å². The molecule has 0 saturated heterocycles. The maximum Gasteiger partial charge on any atom is 0.411 e. The number of aromatic nitrogens is 2. The largest absolute Gasteiger partial charge is 0.411 e. The van der Waals surface area contributed by atoms with E-state index >= 15 is 0 Å². The number of rotatable bonds is 2. The lowest BCUT2D eigenvalue weighted by atomic mass is 10.2. The van der Waals surface area contributed by atoms with Gasteiger partial charge in [0.15, 0.2) is 0 Å². The minimum Gasteiger partial charge on any atom is -0.313 e. The fraction of sp³-hybridized carbons (Fsp3) is 0.500. The second kappa shape index (κ2) is 4.11. The van der Waals surface area contributed by atoms with Crippen LogP contribution in [0.3, 0.4) is 0 Å². The number of amides is 2. The summed E-state index contributed by atoms with van der Waals surface area (Å²) in [4.78, 5) is 19.8.